The van der Waals surface area contributed by atoms with E-state index in [1.807, 2.05) is 31.2 Å². The molecule has 2 aromatic carbocycles. The molecule has 0 aliphatic heterocycles. The second kappa shape index (κ2) is 9.35. The lowest BCUT2D eigenvalue weighted by atomic mass is 10.1. The number of ether oxygens (including phenoxy) is 1. The predicted octanol–water partition coefficient (Wildman–Crippen LogP) is 1.89. The summed E-state index contributed by atoms with van der Waals surface area (Å²) in [4.78, 5) is 12.0. The van der Waals surface area contributed by atoms with Crippen molar-refractivity contribution in [2.24, 2.45) is 0 Å². The van der Waals surface area contributed by atoms with E-state index in [4.69, 9.17) is 4.74 Å². The first-order valence-electron chi connectivity index (χ1n) is 8.43. The largest absolute Gasteiger partial charge is 0.497 e. The van der Waals surface area contributed by atoms with Crippen molar-refractivity contribution in [3.8, 4) is 5.75 Å². The molecule has 2 N–H and O–H groups in total. The Labute approximate surface area is 154 Å². The zero-order valence-corrected chi connectivity index (χ0v) is 15.8. The Bertz CT molecular complexity index is 833. The summed E-state index contributed by atoms with van der Waals surface area (Å²) in [6.07, 6.45) is 1.47. The molecular weight excluding hydrogens is 352 g/mol. The van der Waals surface area contributed by atoms with Crippen molar-refractivity contribution in [2.45, 2.75) is 24.7 Å². The minimum Gasteiger partial charge on any atom is -0.497 e. The van der Waals surface area contributed by atoms with Gasteiger partial charge >= 0.3 is 0 Å². The summed E-state index contributed by atoms with van der Waals surface area (Å²) in [5.74, 6) is 0.386. The van der Waals surface area contributed by atoms with E-state index in [-0.39, 0.29) is 17.3 Å². The molecule has 0 saturated heterocycles. The summed E-state index contributed by atoms with van der Waals surface area (Å²) in [5, 5.41) is 2.70. The van der Waals surface area contributed by atoms with Crippen LogP contribution in [0, 0.1) is 0 Å². The van der Waals surface area contributed by atoms with Gasteiger partial charge in [-0.15, -0.1) is 0 Å². The van der Waals surface area contributed by atoms with Gasteiger partial charge in [0.1, 0.15) is 5.75 Å². The third-order valence-corrected chi connectivity index (χ3v) is 5.35. The molecule has 0 fully saturated rings. The molecule has 0 aliphatic carbocycles. The molecule has 2 aromatic rings. The molecule has 140 valence electrons. The van der Waals surface area contributed by atoms with Gasteiger partial charge in [0.2, 0.25) is 15.9 Å². The highest BCUT2D eigenvalue weighted by Gasteiger charge is 2.15. The van der Waals surface area contributed by atoms with E-state index in [1.54, 1.807) is 31.4 Å². The number of aryl methyl sites for hydroxylation is 1. The fraction of sp³-hybridized carbons (Fsp3) is 0.316. The Morgan fingerprint density at radius 1 is 1.08 bits per heavy atom. The number of amides is 1. The zero-order valence-electron chi connectivity index (χ0n) is 15.0. The highest BCUT2D eigenvalue weighted by Crippen LogP contribution is 2.12. The average Bonchev–Trinajstić information content (AvgIpc) is 2.66. The summed E-state index contributed by atoms with van der Waals surface area (Å²) in [6.45, 7) is 2.12. The van der Waals surface area contributed by atoms with E-state index >= 15 is 0 Å². The predicted molar refractivity (Wildman–Crippen MR) is 101 cm³/mol. The Hall–Kier alpha value is -2.38. The monoisotopic (exact) mass is 376 g/mol. The maximum absolute atomic E-state index is 12.2. The first-order valence-corrected chi connectivity index (χ1v) is 9.91. The van der Waals surface area contributed by atoms with Crippen LogP contribution in [0.4, 0.5) is 0 Å². The zero-order chi connectivity index (χ0) is 19.0. The lowest BCUT2D eigenvalue weighted by Crippen LogP contribution is -2.37. The number of carbonyl (C=O) groups is 1. The van der Waals surface area contributed by atoms with Crippen LogP contribution in [0.2, 0.25) is 0 Å². The van der Waals surface area contributed by atoms with Gasteiger partial charge in [-0.2, -0.15) is 0 Å². The molecule has 0 spiro atoms. The normalized spacial score (nSPS) is 11.2. The molecule has 7 heteroatoms. The highest BCUT2D eigenvalue weighted by molar-refractivity contribution is 7.89. The summed E-state index contributed by atoms with van der Waals surface area (Å²) in [5.41, 5.74) is 2.08. The number of hydrogen-bond donors (Lipinski definition) is 2. The number of hydrogen-bond acceptors (Lipinski definition) is 4. The van der Waals surface area contributed by atoms with Crippen LogP contribution < -0.4 is 14.8 Å². The molecule has 0 atom stereocenters. The summed E-state index contributed by atoms with van der Waals surface area (Å²) < 4.78 is 31.9. The van der Waals surface area contributed by atoms with E-state index < -0.39 is 10.0 Å². The SMILES string of the molecule is CCc1ccc(S(=O)(=O)NCC(=O)NCCc2cccc(OC)c2)cc1. The van der Waals surface area contributed by atoms with Crippen LogP contribution in [0.25, 0.3) is 0 Å². The molecule has 0 aromatic heterocycles. The van der Waals surface area contributed by atoms with Crippen molar-refractivity contribution in [3.05, 3.63) is 59.7 Å². The Morgan fingerprint density at radius 3 is 2.46 bits per heavy atom. The van der Waals surface area contributed by atoms with Crippen LogP contribution in [-0.2, 0) is 27.7 Å². The molecule has 2 rings (SSSR count). The molecule has 0 heterocycles. The number of rotatable bonds is 9. The third kappa shape index (κ3) is 5.86. The fourth-order valence-electron chi connectivity index (χ4n) is 2.38. The molecule has 0 saturated carbocycles. The summed E-state index contributed by atoms with van der Waals surface area (Å²) in [6, 6.07) is 14.2. The van der Waals surface area contributed by atoms with Gasteiger partial charge in [0.25, 0.3) is 0 Å². The lowest BCUT2D eigenvalue weighted by Gasteiger charge is -2.09. The number of methoxy groups -OCH3 is 1. The summed E-state index contributed by atoms with van der Waals surface area (Å²) in [7, 11) is -2.09. The van der Waals surface area contributed by atoms with Crippen LogP contribution >= 0.6 is 0 Å². The summed E-state index contributed by atoms with van der Waals surface area (Å²) >= 11 is 0. The van der Waals surface area contributed by atoms with Gasteiger partial charge in [0.15, 0.2) is 0 Å². The molecule has 0 bridgehead atoms. The van der Waals surface area contributed by atoms with Crippen molar-refractivity contribution >= 4 is 15.9 Å². The number of benzene rings is 2. The Balaban J connectivity index is 1.80. The maximum atomic E-state index is 12.2. The quantitative estimate of drug-likeness (QED) is 0.700. The minimum atomic E-state index is -3.69. The average molecular weight is 376 g/mol. The van der Waals surface area contributed by atoms with Crippen LogP contribution in [0.3, 0.4) is 0 Å². The minimum absolute atomic E-state index is 0.152. The van der Waals surface area contributed by atoms with Gasteiger partial charge in [-0.05, 0) is 48.2 Å². The van der Waals surface area contributed by atoms with E-state index in [0.717, 1.165) is 23.3 Å². The first kappa shape index (κ1) is 19.9. The number of sulfonamides is 1. The van der Waals surface area contributed by atoms with Gasteiger partial charge in [0.05, 0.1) is 18.6 Å². The van der Waals surface area contributed by atoms with Crippen molar-refractivity contribution in [1.29, 1.82) is 0 Å². The third-order valence-electron chi connectivity index (χ3n) is 3.93. The first-order chi connectivity index (χ1) is 12.4. The van der Waals surface area contributed by atoms with E-state index in [0.29, 0.717) is 13.0 Å². The molecular formula is C19H24N2O4S. The fourth-order valence-corrected chi connectivity index (χ4v) is 3.37. The van der Waals surface area contributed by atoms with Crippen molar-refractivity contribution < 1.29 is 17.9 Å². The molecule has 0 radical (unpaired) electrons. The van der Waals surface area contributed by atoms with E-state index in [1.165, 1.54) is 0 Å². The standard InChI is InChI=1S/C19H24N2O4S/c1-3-15-7-9-18(10-8-15)26(23,24)21-14-19(22)20-12-11-16-5-4-6-17(13-16)25-2/h4-10,13,21H,3,11-12,14H2,1-2H3,(H,20,22). The molecule has 6 nitrogen and oxygen atoms in total. The van der Waals surface area contributed by atoms with Crippen molar-refractivity contribution in [1.82, 2.24) is 10.0 Å². The van der Waals surface area contributed by atoms with Crippen molar-refractivity contribution in [3.63, 3.8) is 0 Å². The van der Waals surface area contributed by atoms with Crippen LogP contribution in [0.1, 0.15) is 18.1 Å². The topological polar surface area (TPSA) is 84.5 Å². The van der Waals surface area contributed by atoms with Gasteiger partial charge in [-0.1, -0.05) is 31.2 Å². The molecule has 1 amide bonds. The van der Waals surface area contributed by atoms with Gasteiger partial charge in [0, 0.05) is 6.54 Å². The van der Waals surface area contributed by atoms with Gasteiger partial charge in [-0.25, -0.2) is 13.1 Å². The maximum Gasteiger partial charge on any atom is 0.241 e. The van der Waals surface area contributed by atoms with Gasteiger partial charge < -0.3 is 10.1 Å². The number of nitrogens with one attached hydrogen (secondary N) is 2. The highest BCUT2D eigenvalue weighted by atomic mass is 32.2. The van der Waals surface area contributed by atoms with Crippen LogP contribution in [0.5, 0.6) is 5.75 Å². The van der Waals surface area contributed by atoms with Gasteiger partial charge in [-0.3, -0.25) is 4.79 Å². The van der Waals surface area contributed by atoms with E-state index in [9.17, 15) is 13.2 Å². The van der Waals surface area contributed by atoms with Crippen molar-refractivity contribution in [2.75, 3.05) is 20.2 Å². The number of carbonyl (C=O) groups excluding carboxylic acids is 1. The van der Waals surface area contributed by atoms with Crippen LogP contribution in [0.15, 0.2) is 53.4 Å². The Kier molecular flexibility index (Phi) is 7.17. The lowest BCUT2D eigenvalue weighted by molar-refractivity contribution is -0.119. The smallest absolute Gasteiger partial charge is 0.241 e. The van der Waals surface area contributed by atoms with E-state index in [2.05, 4.69) is 10.0 Å². The second-order valence-corrected chi connectivity index (χ2v) is 7.54. The molecule has 0 aliphatic rings. The van der Waals surface area contributed by atoms with Crippen LogP contribution in [-0.4, -0.2) is 34.5 Å². The Morgan fingerprint density at radius 2 is 1.81 bits per heavy atom. The second-order valence-electron chi connectivity index (χ2n) is 5.77. The molecule has 26 heavy (non-hydrogen) atoms. The molecule has 0 unspecified atom stereocenters.